The Morgan fingerprint density at radius 1 is 1.29 bits per heavy atom. The molecule has 0 aliphatic rings. The predicted molar refractivity (Wildman–Crippen MR) is 73.3 cm³/mol. The third-order valence-electron chi connectivity index (χ3n) is 2.61. The molecule has 0 unspecified atom stereocenters. The molecule has 1 aromatic rings. The second kappa shape index (κ2) is 9.02. The van der Waals surface area contributed by atoms with Gasteiger partial charge >= 0.3 is 0 Å². The fourth-order valence-electron chi connectivity index (χ4n) is 1.65. The van der Waals surface area contributed by atoms with Crippen LogP contribution in [0.2, 0.25) is 0 Å². The number of amides is 1. The zero-order valence-electron chi connectivity index (χ0n) is 10.3. The zero-order chi connectivity index (χ0) is 11.8. The van der Waals surface area contributed by atoms with Crippen LogP contribution >= 0.6 is 12.4 Å². The normalized spacial score (nSPS) is 9.53. The van der Waals surface area contributed by atoms with E-state index in [4.69, 9.17) is 5.73 Å². The Hall–Kier alpha value is -1.06. The molecule has 0 heterocycles. The zero-order valence-corrected chi connectivity index (χ0v) is 11.1. The van der Waals surface area contributed by atoms with Crippen molar-refractivity contribution >= 4 is 18.3 Å². The molecule has 0 saturated heterocycles. The molecule has 0 radical (unpaired) electrons. The first-order chi connectivity index (χ1) is 7.77. The number of benzene rings is 1. The van der Waals surface area contributed by atoms with Crippen LogP contribution in [0.3, 0.4) is 0 Å². The van der Waals surface area contributed by atoms with Crippen molar-refractivity contribution in [1.82, 2.24) is 4.90 Å². The summed E-state index contributed by atoms with van der Waals surface area (Å²) in [5.41, 5.74) is 6.65. The smallest absolute Gasteiger partial charge is 0.223 e. The van der Waals surface area contributed by atoms with Crippen LogP contribution in [0.4, 0.5) is 0 Å². The largest absolute Gasteiger partial charge is 0.343 e. The molecule has 0 bridgehead atoms. The highest BCUT2D eigenvalue weighted by Gasteiger charge is 2.09. The van der Waals surface area contributed by atoms with E-state index < -0.39 is 0 Å². The minimum Gasteiger partial charge on any atom is -0.343 e. The fraction of sp³-hybridized carbons (Fsp3) is 0.462. The van der Waals surface area contributed by atoms with Gasteiger partial charge in [0, 0.05) is 26.1 Å². The number of nitrogens with two attached hydrogens (primary N) is 1. The van der Waals surface area contributed by atoms with Gasteiger partial charge in [0.15, 0.2) is 0 Å². The molecule has 0 aliphatic heterocycles. The Labute approximate surface area is 109 Å². The average Bonchev–Trinajstić information content (AvgIpc) is 2.31. The van der Waals surface area contributed by atoms with Gasteiger partial charge in [0.1, 0.15) is 0 Å². The molecule has 0 aromatic heterocycles. The summed E-state index contributed by atoms with van der Waals surface area (Å²) in [4.78, 5) is 13.5. The Morgan fingerprint density at radius 2 is 1.94 bits per heavy atom. The third-order valence-corrected chi connectivity index (χ3v) is 2.61. The van der Waals surface area contributed by atoms with Gasteiger partial charge in [-0.1, -0.05) is 30.3 Å². The minimum atomic E-state index is 0. The van der Waals surface area contributed by atoms with Crippen LogP contribution in [0, 0.1) is 0 Å². The maximum Gasteiger partial charge on any atom is 0.223 e. The summed E-state index contributed by atoms with van der Waals surface area (Å²) in [5, 5.41) is 0. The lowest BCUT2D eigenvalue weighted by molar-refractivity contribution is -0.130. The molecular weight excluding hydrogens is 236 g/mol. The fourth-order valence-corrected chi connectivity index (χ4v) is 1.65. The van der Waals surface area contributed by atoms with Gasteiger partial charge in [-0.25, -0.2) is 0 Å². The van der Waals surface area contributed by atoms with Crippen LogP contribution in [0.1, 0.15) is 18.9 Å². The molecule has 96 valence electrons. The molecule has 4 heteroatoms. The molecule has 0 atom stereocenters. The van der Waals surface area contributed by atoms with E-state index in [1.807, 2.05) is 30.0 Å². The molecule has 0 aliphatic carbocycles. The minimum absolute atomic E-state index is 0. The number of nitrogens with zero attached hydrogens (tertiary/aromatic N) is 1. The van der Waals surface area contributed by atoms with Crippen LogP contribution in [-0.2, 0) is 11.2 Å². The molecule has 0 fully saturated rings. The number of rotatable bonds is 6. The lowest BCUT2D eigenvalue weighted by atomic mass is 10.1. The first-order valence-corrected chi connectivity index (χ1v) is 5.79. The van der Waals surface area contributed by atoms with Gasteiger partial charge in [-0.15, -0.1) is 12.4 Å². The quantitative estimate of drug-likeness (QED) is 0.844. The third kappa shape index (κ3) is 5.71. The maximum absolute atomic E-state index is 11.6. The Bertz CT molecular complexity index is 316. The van der Waals surface area contributed by atoms with Crippen molar-refractivity contribution in [3.8, 4) is 0 Å². The molecule has 17 heavy (non-hydrogen) atoms. The van der Waals surface area contributed by atoms with Crippen molar-refractivity contribution in [3.63, 3.8) is 0 Å². The molecule has 0 saturated carbocycles. The molecule has 1 amide bonds. The van der Waals surface area contributed by atoms with Crippen molar-refractivity contribution in [2.24, 2.45) is 5.73 Å². The monoisotopic (exact) mass is 256 g/mol. The summed E-state index contributed by atoms with van der Waals surface area (Å²) in [5.74, 6) is 0.154. The second-order valence-electron chi connectivity index (χ2n) is 3.75. The topological polar surface area (TPSA) is 46.3 Å². The van der Waals surface area contributed by atoms with Crippen LogP contribution in [0.25, 0.3) is 0 Å². The van der Waals surface area contributed by atoms with E-state index in [0.717, 1.165) is 19.5 Å². The van der Waals surface area contributed by atoms with Gasteiger partial charge in [-0.3, -0.25) is 4.79 Å². The van der Waals surface area contributed by atoms with Gasteiger partial charge in [0.2, 0.25) is 5.91 Å². The Kier molecular flexibility index (Phi) is 8.46. The van der Waals surface area contributed by atoms with E-state index in [1.54, 1.807) is 0 Å². The van der Waals surface area contributed by atoms with Crippen molar-refractivity contribution < 1.29 is 4.79 Å². The summed E-state index contributed by atoms with van der Waals surface area (Å²) in [7, 11) is 0. The first kappa shape index (κ1) is 15.9. The van der Waals surface area contributed by atoms with E-state index in [0.29, 0.717) is 13.0 Å². The summed E-state index contributed by atoms with van der Waals surface area (Å²) < 4.78 is 0. The Morgan fingerprint density at radius 3 is 2.47 bits per heavy atom. The van der Waals surface area contributed by atoms with E-state index in [9.17, 15) is 4.79 Å². The van der Waals surface area contributed by atoms with E-state index in [-0.39, 0.29) is 18.3 Å². The number of hydrogen-bond donors (Lipinski definition) is 1. The van der Waals surface area contributed by atoms with Crippen LogP contribution in [-0.4, -0.2) is 30.4 Å². The second-order valence-corrected chi connectivity index (χ2v) is 3.75. The van der Waals surface area contributed by atoms with E-state index in [2.05, 4.69) is 12.1 Å². The predicted octanol–water partition coefficient (Wildman–Crippen LogP) is 1.85. The summed E-state index contributed by atoms with van der Waals surface area (Å²) in [6.45, 7) is 3.96. The van der Waals surface area contributed by atoms with Crippen molar-refractivity contribution in [1.29, 1.82) is 0 Å². The highest BCUT2D eigenvalue weighted by Crippen LogP contribution is 2.02. The number of carbonyl (C=O) groups excluding carboxylic acids is 1. The molecule has 1 aromatic carbocycles. The first-order valence-electron chi connectivity index (χ1n) is 5.79. The van der Waals surface area contributed by atoms with Crippen molar-refractivity contribution in [3.05, 3.63) is 35.9 Å². The van der Waals surface area contributed by atoms with Crippen LogP contribution in [0.5, 0.6) is 0 Å². The molecule has 2 N–H and O–H groups in total. The SMILES string of the molecule is CCN(CCc1ccccc1)C(=O)CCN.Cl. The van der Waals surface area contributed by atoms with Gasteiger partial charge in [-0.2, -0.15) is 0 Å². The molecule has 3 nitrogen and oxygen atoms in total. The van der Waals surface area contributed by atoms with E-state index >= 15 is 0 Å². The van der Waals surface area contributed by atoms with Gasteiger partial charge in [0.05, 0.1) is 0 Å². The highest BCUT2D eigenvalue weighted by molar-refractivity contribution is 5.85. The summed E-state index contributed by atoms with van der Waals surface area (Å²) in [6.07, 6.45) is 1.35. The standard InChI is InChI=1S/C13H20N2O.ClH/c1-2-15(13(16)8-10-14)11-9-12-6-4-3-5-7-12;/h3-7H,2,8-11,14H2,1H3;1H. The van der Waals surface area contributed by atoms with Gasteiger partial charge < -0.3 is 10.6 Å². The van der Waals surface area contributed by atoms with Crippen LogP contribution in [0.15, 0.2) is 30.3 Å². The Balaban J connectivity index is 0.00000256. The number of carbonyl (C=O) groups is 1. The summed E-state index contributed by atoms with van der Waals surface area (Å²) >= 11 is 0. The number of hydrogen-bond acceptors (Lipinski definition) is 2. The van der Waals surface area contributed by atoms with Crippen molar-refractivity contribution in [2.45, 2.75) is 19.8 Å². The molecular formula is C13H21ClN2O. The number of halogens is 1. The summed E-state index contributed by atoms with van der Waals surface area (Å²) in [6, 6.07) is 10.2. The molecule has 1 rings (SSSR count). The number of likely N-dealkylation sites (N-methyl/N-ethyl adjacent to an activating group) is 1. The average molecular weight is 257 g/mol. The van der Waals surface area contributed by atoms with Gasteiger partial charge in [0.25, 0.3) is 0 Å². The lowest BCUT2D eigenvalue weighted by Crippen LogP contribution is -2.33. The lowest BCUT2D eigenvalue weighted by Gasteiger charge is -2.20. The van der Waals surface area contributed by atoms with Crippen LogP contribution < -0.4 is 5.73 Å². The van der Waals surface area contributed by atoms with Crippen molar-refractivity contribution in [2.75, 3.05) is 19.6 Å². The maximum atomic E-state index is 11.6. The molecule has 0 spiro atoms. The highest BCUT2D eigenvalue weighted by atomic mass is 35.5. The van der Waals surface area contributed by atoms with E-state index in [1.165, 1.54) is 5.56 Å². The van der Waals surface area contributed by atoms with Gasteiger partial charge in [-0.05, 0) is 18.9 Å².